The highest BCUT2D eigenvalue weighted by Gasteiger charge is 2.20. The first-order chi connectivity index (χ1) is 11.1. The molecule has 1 fully saturated rings. The van der Waals surface area contributed by atoms with Crippen molar-refractivity contribution in [1.82, 2.24) is 0 Å². The van der Waals surface area contributed by atoms with E-state index in [-0.39, 0.29) is 0 Å². The van der Waals surface area contributed by atoms with E-state index in [1.807, 2.05) is 0 Å². The first-order valence-electron chi connectivity index (χ1n) is 9.07. The average molecular weight is 318 g/mol. The normalized spacial score (nSPS) is 23.9. The molecular formula is C20H31FN2. The topological polar surface area (TPSA) is 38.4 Å². The van der Waals surface area contributed by atoms with Crippen molar-refractivity contribution in [3.8, 4) is 0 Å². The number of rotatable bonds is 7. The largest absolute Gasteiger partial charge is 0.327 e. The quantitative estimate of drug-likeness (QED) is 0.621. The number of halogens is 1. The summed E-state index contributed by atoms with van der Waals surface area (Å²) >= 11 is 0. The molecule has 1 atom stereocenters. The SMILES string of the molecule is CC(=NC1=CC=C(CCC/C(=C/F)CN)CC1C)C1CCCC1. The lowest BCUT2D eigenvalue weighted by atomic mass is 9.89. The molecule has 0 aliphatic heterocycles. The second-order valence-electron chi connectivity index (χ2n) is 7.08. The van der Waals surface area contributed by atoms with Crippen molar-refractivity contribution >= 4 is 5.71 Å². The van der Waals surface area contributed by atoms with E-state index in [1.165, 1.54) is 42.7 Å². The molecule has 23 heavy (non-hydrogen) atoms. The molecular weight excluding hydrogens is 287 g/mol. The number of nitrogens with zero attached hydrogens (tertiary/aromatic N) is 1. The molecule has 2 aliphatic rings. The van der Waals surface area contributed by atoms with E-state index in [4.69, 9.17) is 10.7 Å². The van der Waals surface area contributed by atoms with Crippen LogP contribution < -0.4 is 5.73 Å². The minimum absolute atomic E-state index is 0.325. The summed E-state index contributed by atoms with van der Waals surface area (Å²) in [6.45, 7) is 4.78. The number of allylic oxidation sites excluding steroid dienone is 4. The lowest BCUT2D eigenvalue weighted by Gasteiger charge is -2.20. The van der Waals surface area contributed by atoms with Crippen molar-refractivity contribution in [3.05, 3.63) is 35.3 Å². The highest BCUT2D eigenvalue weighted by Crippen LogP contribution is 2.31. The molecule has 1 unspecified atom stereocenters. The Balaban J connectivity index is 1.90. The monoisotopic (exact) mass is 318 g/mol. The van der Waals surface area contributed by atoms with Crippen molar-refractivity contribution in [1.29, 1.82) is 0 Å². The maximum Gasteiger partial charge on any atom is 0.0871 e. The Labute approximate surface area is 140 Å². The van der Waals surface area contributed by atoms with Gasteiger partial charge in [-0.15, -0.1) is 0 Å². The summed E-state index contributed by atoms with van der Waals surface area (Å²) in [5, 5.41) is 0. The second kappa shape index (κ2) is 9.17. The molecule has 2 nitrogen and oxygen atoms in total. The van der Waals surface area contributed by atoms with Gasteiger partial charge in [-0.3, -0.25) is 4.99 Å². The molecule has 0 aromatic rings. The van der Waals surface area contributed by atoms with Crippen molar-refractivity contribution < 1.29 is 4.39 Å². The number of hydrogen-bond acceptors (Lipinski definition) is 2. The van der Waals surface area contributed by atoms with Gasteiger partial charge < -0.3 is 5.73 Å². The Morgan fingerprint density at radius 2 is 2.09 bits per heavy atom. The lowest BCUT2D eigenvalue weighted by Crippen LogP contribution is -2.10. The van der Waals surface area contributed by atoms with Gasteiger partial charge in [0.05, 0.1) is 6.33 Å². The molecule has 3 heteroatoms. The summed E-state index contributed by atoms with van der Waals surface area (Å²) in [7, 11) is 0. The van der Waals surface area contributed by atoms with Crippen molar-refractivity contribution in [2.75, 3.05) is 6.54 Å². The summed E-state index contributed by atoms with van der Waals surface area (Å²) < 4.78 is 12.5. The van der Waals surface area contributed by atoms with Crippen molar-refractivity contribution in [2.24, 2.45) is 22.6 Å². The van der Waals surface area contributed by atoms with Gasteiger partial charge in [-0.05, 0) is 63.0 Å². The van der Waals surface area contributed by atoms with Gasteiger partial charge in [0.25, 0.3) is 0 Å². The molecule has 0 saturated heterocycles. The summed E-state index contributed by atoms with van der Waals surface area (Å²) in [6, 6.07) is 0. The van der Waals surface area contributed by atoms with E-state index in [1.54, 1.807) is 0 Å². The number of hydrogen-bond donors (Lipinski definition) is 1. The zero-order chi connectivity index (χ0) is 16.7. The fraction of sp³-hybridized carbons (Fsp3) is 0.650. The van der Waals surface area contributed by atoms with Crippen molar-refractivity contribution in [3.63, 3.8) is 0 Å². The molecule has 0 radical (unpaired) electrons. The van der Waals surface area contributed by atoms with Gasteiger partial charge in [-0.25, -0.2) is 4.39 Å². The summed E-state index contributed by atoms with van der Waals surface area (Å²) in [5.74, 6) is 1.19. The second-order valence-corrected chi connectivity index (χ2v) is 7.08. The van der Waals surface area contributed by atoms with Crippen LogP contribution in [0.1, 0.15) is 65.2 Å². The molecule has 2 aliphatic carbocycles. The third kappa shape index (κ3) is 5.42. The Kier molecular flexibility index (Phi) is 7.22. The lowest BCUT2D eigenvalue weighted by molar-refractivity contribution is 0.616. The first-order valence-corrected chi connectivity index (χ1v) is 9.07. The van der Waals surface area contributed by atoms with E-state index < -0.39 is 0 Å². The maximum atomic E-state index is 12.5. The van der Waals surface area contributed by atoms with Gasteiger partial charge in [0.2, 0.25) is 0 Å². The van der Waals surface area contributed by atoms with Crippen LogP contribution in [0.3, 0.4) is 0 Å². The van der Waals surface area contributed by atoms with Gasteiger partial charge in [0, 0.05) is 23.9 Å². The van der Waals surface area contributed by atoms with Crippen molar-refractivity contribution in [2.45, 2.75) is 65.2 Å². The smallest absolute Gasteiger partial charge is 0.0871 e. The molecule has 0 heterocycles. The van der Waals surface area contributed by atoms with Crippen LogP contribution in [0.15, 0.2) is 40.3 Å². The molecule has 2 N–H and O–H groups in total. The van der Waals surface area contributed by atoms with Crippen LogP contribution in [0.4, 0.5) is 4.39 Å². The van der Waals surface area contributed by atoms with Crippen LogP contribution in [-0.2, 0) is 0 Å². The van der Waals surface area contributed by atoms with Crippen LogP contribution in [0.5, 0.6) is 0 Å². The standard InChI is InChI=1S/C20H31FN2/c1-15-12-17(6-5-7-18(13-21)14-22)10-11-20(15)23-16(2)19-8-3-4-9-19/h10-11,13,15,19H,3-9,12,14,22H2,1-2H3/b18-13-,23-16?. The first kappa shape index (κ1) is 18.1. The number of aliphatic imine (C=N–C) groups is 1. The number of nitrogens with two attached hydrogens (primary N) is 1. The Morgan fingerprint density at radius 3 is 2.70 bits per heavy atom. The molecule has 0 bridgehead atoms. The van der Waals surface area contributed by atoms with E-state index in [0.29, 0.717) is 30.3 Å². The van der Waals surface area contributed by atoms with Crippen LogP contribution in [0.25, 0.3) is 0 Å². The predicted octanol–water partition coefficient (Wildman–Crippen LogP) is 5.47. The molecule has 1 saturated carbocycles. The van der Waals surface area contributed by atoms with E-state index in [9.17, 15) is 4.39 Å². The molecule has 0 spiro atoms. The summed E-state index contributed by atoms with van der Waals surface area (Å²) in [6.07, 6.45) is 14.2. The van der Waals surface area contributed by atoms with Crippen LogP contribution in [0.2, 0.25) is 0 Å². The van der Waals surface area contributed by atoms with Gasteiger partial charge in [0.1, 0.15) is 0 Å². The van der Waals surface area contributed by atoms with E-state index >= 15 is 0 Å². The third-order valence-corrected chi connectivity index (χ3v) is 5.23. The molecule has 0 aromatic carbocycles. The minimum Gasteiger partial charge on any atom is -0.327 e. The molecule has 128 valence electrons. The average Bonchev–Trinajstić information content (AvgIpc) is 3.08. The third-order valence-electron chi connectivity index (χ3n) is 5.23. The molecule has 0 aromatic heterocycles. The highest BCUT2D eigenvalue weighted by atomic mass is 19.1. The van der Waals surface area contributed by atoms with Gasteiger partial charge in [-0.1, -0.05) is 31.4 Å². The highest BCUT2D eigenvalue weighted by molar-refractivity contribution is 5.85. The Hall–Kier alpha value is -1.22. The Bertz CT molecular complexity index is 508. The zero-order valence-electron chi connectivity index (χ0n) is 14.7. The maximum absolute atomic E-state index is 12.5. The summed E-state index contributed by atoms with van der Waals surface area (Å²) in [4.78, 5) is 4.93. The van der Waals surface area contributed by atoms with Gasteiger partial charge in [-0.2, -0.15) is 0 Å². The van der Waals surface area contributed by atoms with E-state index in [2.05, 4.69) is 26.0 Å². The minimum atomic E-state index is 0.325. The molecule has 2 rings (SSSR count). The van der Waals surface area contributed by atoms with E-state index in [0.717, 1.165) is 25.7 Å². The van der Waals surface area contributed by atoms with Crippen LogP contribution >= 0.6 is 0 Å². The fourth-order valence-electron chi connectivity index (χ4n) is 3.65. The van der Waals surface area contributed by atoms with Gasteiger partial charge in [0.15, 0.2) is 0 Å². The molecule has 0 amide bonds. The zero-order valence-corrected chi connectivity index (χ0v) is 14.7. The Morgan fingerprint density at radius 1 is 1.35 bits per heavy atom. The fourth-order valence-corrected chi connectivity index (χ4v) is 3.65. The predicted molar refractivity (Wildman–Crippen MR) is 97.1 cm³/mol. The summed E-state index contributed by atoms with van der Waals surface area (Å²) in [5.41, 5.74) is 10.2. The van der Waals surface area contributed by atoms with Gasteiger partial charge >= 0.3 is 0 Å². The van der Waals surface area contributed by atoms with Crippen LogP contribution in [-0.4, -0.2) is 12.3 Å². The van der Waals surface area contributed by atoms with Crippen LogP contribution in [0, 0.1) is 11.8 Å².